The molecular weight excluding hydrogens is 218 g/mol. The van der Waals surface area contributed by atoms with Crippen LogP contribution in [-0.2, 0) is 0 Å². The third kappa shape index (κ3) is 2.40. The zero-order valence-corrected chi connectivity index (χ0v) is 10.6. The van der Waals surface area contributed by atoms with E-state index in [2.05, 4.69) is 59.9 Å². The van der Waals surface area contributed by atoms with Gasteiger partial charge in [0.2, 0.25) is 0 Å². The number of rotatable bonds is 3. The molecule has 1 fully saturated rings. The molecule has 0 spiro atoms. The van der Waals surface area contributed by atoms with E-state index in [4.69, 9.17) is 0 Å². The summed E-state index contributed by atoms with van der Waals surface area (Å²) in [5.41, 5.74) is 3.87. The average molecular weight is 237 g/mol. The Labute approximate surface area is 109 Å². The van der Waals surface area contributed by atoms with Crippen LogP contribution in [0.15, 0.2) is 54.6 Å². The Morgan fingerprint density at radius 2 is 1.44 bits per heavy atom. The van der Waals surface area contributed by atoms with Crippen molar-refractivity contribution < 1.29 is 0 Å². The first kappa shape index (κ1) is 11.3. The van der Waals surface area contributed by atoms with Crippen LogP contribution in [0.25, 0.3) is 11.1 Å². The monoisotopic (exact) mass is 237 g/mol. The molecule has 2 aromatic rings. The summed E-state index contributed by atoms with van der Waals surface area (Å²) < 4.78 is 0. The summed E-state index contributed by atoms with van der Waals surface area (Å²) in [7, 11) is 0. The minimum Gasteiger partial charge on any atom is -0.382 e. The van der Waals surface area contributed by atoms with Crippen LogP contribution in [-0.4, -0.2) is 6.04 Å². The molecule has 1 heteroatoms. The van der Waals surface area contributed by atoms with Gasteiger partial charge in [-0.1, -0.05) is 61.4 Å². The second-order valence-corrected chi connectivity index (χ2v) is 5.04. The first-order valence-electron chi connectivity index (χ1n) is 6.84. The number of para-hydroxylation sites is 1. The first-order chi connectivity index (χ1) is 8.93. The van der Waals surface area contributed by atoms with E-state index in [0.29, 0.717) is 6.04 Å². The maximum Gasteiger partial charge on any atom is 0.0422 e. The Kier molecular flexibility index (Phi) is 3.31. The average Bonchev–Trinajstić information content (AvgIpc) is 2.93. The lowest BCUT2D eigenvalue weighted by molar-refractivity contribution is 0.756. The SMILES string of the molecule is c1ccc(-c2ccccc2NC2CCCC2)cc1. The van der Waals surface area contributed by atoms with E-state index >= 15 is 0 Å². The predicted molar refractivity (Wildman–Crippen MR) is 77.8 cm³/mol. The Hall–Kier alpha value is -1.76. The van der Waals surface area contributed by atoms with Gasteiger partial charge >= 0.3 is 0 Å². The topological polar surface area (TPSA) is 12.0 Å². The Bertz CT molecular complexity index is 498. The summed E-state index contributed by atoms with van der Waals surface area (Å²) >= 11 is 0. The van der Waals surface area contributed by atoms with E-state index in [1.165, 1.54) is 42.5 Å². The second kappa shape index (κ2) is 5.26. The van der Waals surface area contributed by atoms with Crippen LogP contribution in [0, 0.1) is 0 Å². The molecule has 1 aliphatic carbocycles. The normalized spacial score (nSPS) is 15.8. The quantitative estimate of drug-likeness (QED) is 0.815. The van der Waals surface area contributed by atoms with E-state index in [1.54, 1.807) is 0 Å². The molecule has 0 atom stereocenters. The van der Waals surface area contributed by atoms with E-state index in [-0.39, 0.29) is 0 Å². The second-order valence-electron chi connectivity index (χ2n) is 5.04. The van der Waals surface area contributed by atoms with E-state index < -0.39 is 0 Å². The molecule has 1 nitrogen and oxygen atoms in total. The first-order valence-corrected chi connectivity index (χ1v) is 6.84. The summed E-state index contributed by atoms with van der Waals surface area (Å²) in [5, 5.41) is 3.71. The molecule has 0 unspecified atom stereocenters. The molecule has 0 bridgehead atoms. The molecule has 1 saturated carbocycles. The lowest BCUT2D eigenvalue weighted by Crippen LogP contribution is -2.14. The van der Waals surface area contributed by atoms with E-state index in [9.17, 15) is 0 Å². The molecule has 0 aromatic heterocycles. The van der Waals surface area contributed by atoms with Gasteiger partial charge in [-0.3, -0.25) is 0 Å². The van der Waals surface area contributed by atoms with Crippen LogP contribution in [0.2, 0.25) is 0 Å². The van der Waals surface area contributed by atoms with Crippen molar-refractivity contribution in [1.29, 1.82) is 0 Å². The van der Waals surface area contributed by atoms with Crippen molar-refractivity contribution in [3.05, 3.63) is 54.6 Å². The molecule has 2 aromatic carbocycles. The lowest BCUT2D eigenvalue weighted by Gasteiger charge is -2.17. The maximum absolute atomic E-state index is 3.71. The number of hydrogen-bond acceptors (Lipinski definition) is 1. The van der Waals surface area contributed by atoms with Crippen LogP contribution in [0.4, 0.5) is 5.69 Å². The van der Waals surface area contributed by atoms with Gasteiger partial charge in [-0.25, -0.2) is 0 Å². The number of hydrogen-bond donors (Lipinski definition) is 1. The van der Waals surface area contributed by atoms with Crippen molar-refractivity contribution in [3.63, 3.8) is 0 Å². The molecule has 0 radical (unpaired) electrons. The van der Waals surface area contributed by atoms with Gasteiger partial charge in [0.15, 0.2) is 0 Å². The zero-order valence-electron chi connectivity index (χ0n) is 10.6. The fourth-order valence-corrected chi connectivity index (χ4v) is 2.77. The van der Waals surface area contributed by atoms with Gasteiger partial charge in [0.25, 0.3) is 0 Å². The Morgan fingerprint density at radius 3 is 2.22 bits per heavy atom. The smallest absolute Gasteiger partial charge is 0.0422 e. The highest BCUT2D eigenvalue weighted by Crippen LogP contribution is 2.30. The highest BCUT2D eigenvalue weighted by Gasteiger charge is 2.15. The van der Waals surface area contributed by atoms with Crippen LogP contribution < -0.4 is 5.32 Å². The van der Waals surface area contributed by atoms with Crippen molar-refractivity contribution in [2.45, 2.75) is 31.7 Å². The largest absolute Gasteiger partial charge is 0.382 e. The number of benzene rings is 2. The molecular formula is C17H19N. The van der Waals surface area contributed by atoms with Gasteiger partial charge in [0, 0.05) is 17.3 Å². The van der Waals surface area contributed by atoms with E-state index in [0.717, 1.165) is 0 Å². The number of nitrogens with one attached hydrogen (secondary N) is 1. The van der Waals surface area contributed by atoms with Crippen molar-refractivity contribution in [2.75, 3.05) is 5.32 Å². The number of anilines is 1. The summed E-state index contributed by atoms with van der Waals surface area (Å²) in [5.74, 6) is 0. The molecule has 92 valence electrons. The third-order valence-electron chi connectivity index (χ3n) is 3.73. The Balaban J connectivity index is 1.90. The van der Waals surface area contributed by atoms with Crippen molar-refractivity contribution >= 4 is 5.69 Å². The molecule has 1 N–H and O–H groups in total. The maximum atomic E-state index is 3.71. The van der Waals surface area contributed by atoms with Crippen LogP contribution in [0.3, 0.4) is 0 Å². The molecule has 3 rings (SSSR count). The van der Waals surface area contributed by atoms with E-state index in [1.807, 2.05) is 0 Å². The predicted octanol–water partition coefficient (Wildman–Crippen LogP) is 4.71. The molecule has 18 heavy (non-hydrogen) atoms. The molecule has 1 aliphatic rings. The van der Waals surface area contributed by atoms with Crippen LogP contribution in [0.1, 0.15) is 25.7 Å². The molecule has 0 aliphatic heterocycles. The summed E-state index contributed by atoms with van der Waals surface area (Å²) in [6.07, 6.45) is 5.35. The van der Waals surface area contributed by atoms with Gasteiger partial charge in [-0.2, -0.15) is 0 Å². The summed E-state index contributed by atoms with van der Waals surface area (Å²) in [6.45, 7) is 0. The molecule has 0 heterocycles. The summed E-state index contributed by atoms with van der Waals surface area (Å²) in [6, 6.07) is 19.9. The third-order valence-corrected chi connectivity index (χ3v) is 3.73. The van der Waals surface area contributed by atoms with Gasteiger partial charge in [0.05, 0.1) is 0 Å². The zero-order chi connectivity index (χ0) is 12.2. The molecule has 0 amide bonds. The molecule has 0 saturated heterocycles. The van der Waals surface area contributed by atoms with Gasteiger partial charge in [0.1, 0.15) is 0 Å². The fraction of sp³-hybridized carbons (Fsp3) is 0.294. The fourth-order valence-electron chi connectivity index (χ4n) is 2.77. The van der Waals surface area contributed by atoms with Crippen LogP contribution in [0.5, 0.6) is 0 Å². The van der Waals surface area contributed by atoms with Crippen molar-refractivity contribution in [2.24, 2.45) is 0 Å². The van der Waals surface area contributed by atoms with Gasteiger partial charge in [-0.15, -0.1) is 0 Å². The minimum atomic E-state index is 0.662. The van der Waals surface area contributed by atoms with Crippen molar-refractivity contribution in [1.82, 2.24) is 0 Å². The lowest BCUT2D eigenvalue weighted by atomic mass is 10.0. The van der Waals surface area contributed by atoms with Gasteiger partial charge < -0.3 is 5.32 Å². The highest BCUT2D eigenvalue weighted by molar-refractivity contribution is 5.77. The van der Waals surface area contributed by atoms with Crippen molar-refractivity contribution in [3.8, 4) is 11.1 Å². The van der Waals surface area contributed by atoms with Gasteiger partial charge in [-0.05, 0) is 24.5 Å². The highest BCUT2D eigenvalue weighted by atomic mass is 14.9. The summed E-state index contributed by atoms with van der Waals surface area (Å²) in [4.78, 5) is 0. The minimum absolute atomic E-state index is 0.662. The van der Waals surface area contributed by atoms with Crippen LogP contribution >= 0.6 is 0 Å². The Morgan fingerprint density at radius 1 is 0.778 bits per heavy atom. The standard InChI is InChI=1S/C17H19N/c1-2-8-14(9-3-1)16-12-6-7-13-17(16)18-15-10-4-5-11-15/h1-3,6-9,12-13,15,18H,4-5,10-11H2.